The van der Waals surface area contributed by atoms with Gasteiger partial charge in [0.15, 0.2) is 6.10 Å². The van der Waals surface area contributed by atoms with E-state index in [1.165, 1.54) is 199 Å². The summed E-state index contributed by atoms with van der Waals surface area (Å²) in [5.74, 6) is -0.899. The Kier molecular flexibility index (Phi) is 63.7. The minimum absolute atomic E-state index is 0.0852. The average Bonchev–Trinajstić information content (AvgIpc) is 3.44. The molecule has 452 valence electrons. The fourth-order valence-corrected chi connectivity index (χ4v) is 9.88. The fourth-order valence-electron chi connectivity index (χ4n) is 9.88. The normalized spacial score (nSPS) is 12.5. The van der Waals surface area contributed by atoms with E-state index >= 15 is 0 Å². The highest BCUT2D eigenvalue weighted by Gasteiger charge is 2.19. The number of ether oxygens (including phenoxy) is 3. The summed E-state index contributed by atoms with van der Waals surface area (Å²) in [6.45, 7) is 6.53. The smallest absolute Gasteiger partial charge is 0.306 e. The van der Waals surface area contributed by atoms with Crippen molar-refractivity contribution in [3.8, 4) is 0 Å². The van der Waals surface area contributed by atoms with Crippen molar-refractivity contribution >= 4 is 17.9 Å². The molecule has 0 aromatic rings. The van der Waals surface area contributed by atoms with E-state index in [1.54, 1.807) is 0 Å². The molecule has 78 heavy (non-hydrogen) atoms. The van der Waals surface area contributed by atoms with Gasteiger partial charge in [0.25, 0.3) is 0 Å². The van der Waals surface area contributed by atoms with Crippen LogP contribution in [-0.2, 0) is 28.6 Å². The van der Waals surface area contributed by atoms with Gasteiger partial charge < -0.3 is 14.2 Å². The molecule has 0 amide bonds. The molecule has 0 fully saturated rings. The lowest BCUT2D eigenvalue weighted by atomic mass is 10.0. The van der Waals surface area contributed by atoms with Crippen LogP contribution in [0.1, 0.15) is 348 Å². The van der Waals surface area contributed by atoms with Crippen molar-refractivity contribution in [2.24, 2.45) is 0 Å². The first-order valence-electron chi connectivity index (χ1n) is 33.9. The number of esters is 3. The molecule has 0 saturated heterocycles. The predicted molar refractivity (Wildman–Crippen MR) is 339 cm³/mol. The second-order valence-electron chi connectivity index (χ2n) is 22.7. The molecule has 1 unspecified atom stereocenters. The Bertz CT molecular complexity index is 1440. The first kappa shape index (κ1) is 74.8. The summed E-state index contributed by atoms with van der Waals surface area (Å²) in [6.07, 6.45) is 86.4. The van der Waals surface area contributed by atoms with Crippen LogP contribution in [0.3, 0.4) is 0 Å². The summed E-state index contributed by atoms with van der Waals surface area (Å²) in [5.41, 5.74) is 0. The van der Waals surface area contributed by atoms with Crippen molar-refractivity contribution in [2.45, 2.75) is 354 Å². The van der Waals surface area contributed by atoms with E-state index in [2.05, 4.69) is 93.7 Å². The van der Waals surface area contributed by atoms with E-state index in [-0.39, 0.29) is 31.1 Å². The van der Waals surface area contributed by atoms with Crippen molar-refractivity contribution in [3.63, 3.8) is 0 Å². The monoisotopic (exact) mass is 1090 g/mol. The van der Waals surface area contributed by atoms with E-state index in [0.29, 0.717) is 19.3 Å². The molecule has 6 nitrogen and oxygen atoms in total. The zero-order chi connectivity index (χ0) is 56.4. The Hall–Kier alpha value is -3.15. The summed E-state index contributed by atoms with van der Waals surface area (Å²) >= 11 is 0. The number of hydrogen-bond acceptors (Lipinski definition) is 6. The largest absolute Gasteiger partial charge is 0.462 e. The molecule has 6 heteroatoms. The number of unbranched alkanes of at least 4 members (excludes halogenated alkanes) is 39. The van der Waals surface area contributed by atoms with Crippen LogP contribution >= 0.6 is 0 Å². The van der Waals surface area contributed by atoms with Crippen molar-refractivity contribution in [1.82, 2.24) is 0 Å². The topological polar surface area (TPSA) is 78.9 Å². The predicted octanol–water partition coefficient (Wildman–Crippen LogP) is 23.3. The Balaban J connectivity index is 4.31. The van der Waals surface area contributed by atoms with Crippen LogP contribution in [0.15, 0.2) is 72.9 Å². The van der Waals surface area contributed by atoms with Gasteiger partial charge in [-0.05, 0) is 89.9 Å². The van der Waals surface area contributed by atoms with Crippen molar-refractivity contribution in [1.29, 1.82) is 0 Å². The first-order chi connectivity index (χ1) is 38.5. The Morgan fingerprint density at radius 1 is 0.269 bits per heavy atom. The minimum atomic E-state index is -0.792. The van der Waals surface area contributed by atoms with E-state index in [1.807, 2.05) is 0 Å². The molecule has 0 aromatic carbocycles. The molecule has 0 heterocycles. The number of carbonyl (C=O) groups excluding carboxylic acids is 3. The number of rotatable bonds is 62. The molecular weight excluding hydrogens is 961 g/mol. The molecule has 0 aliphatic carbocycles. The van der Waals surface area contributed by atoms with Crippen molar-refractivity contribution in [2.75, 3.05) is 13.2 Å². The molecule has 0 radical (unpaired) electrons. The zero-order valence-electron chi connectivity index (χ0n) is 51.9. The lowest BCUT2D eigenvalue weighted by molar-refractivity contribution is -0.167. The van der Waals surface area contributed by atoms with Gasteiger partial charge in [0, 0.05) is 19.3 Å². The van der Waals surface area contributed by atoms with Crippen LogP contribution in [0.25, 0.3) is 0 Å². The molecule has 0 N–H and O–H groups in total. The zero-order valence-corrected chi connectivity index (χ0v) is 51.9. The lowest BCUT2D eigenvalue weighted by Crippen LogP contribution is -2.30. The van der Waals surface area contributed by atoms with E-state index < -0.39 is 6.10 Å². The molecule has 0 rings (SSSR count). The number of hydrogen-bond donors (Lipinski definition) is 0. The maximum absolute atomic E-state index is 12.9. The van der Waals surface area contributed by atoms with Gasteiger partial charge in [-0.3, -0.25) is 14.4 Å². The van der Waals surface area contributed by atoms with Gasteiger partial charge in [-0.25, -0.2) is 0 Å². The Morgan fingerprint density at radius 3 is 0.808 bits per heavy atom. The second kappa shape index (κ2) is 66.4. The van der Waals surface area contributed by atoms with Crippen LogP contribution in [0.2, 0.25) is 0 Å². The summed E-state index contributed by atoms with van der Waals surface area (Å²) in [7, 11) is 0. The summed E-state index contributed by atoms with van der Waals surface area (Å²) in [6, 6.07) is 0. The van der Waals surface area contributed by atoms with Gasteiger partial charge in [-0.15, -0.1) is 0 Å². The van der Waals surface area contributed by atoms with Crippen LogP contribution < -0.4 is 0 Å². The highest BCUT2D eigenvalue weighted by atomic mass is 16.6. The quantitative estimate of drug-likeness (QED) is 0.0261. The Morgan fingerprint density at radius 2 is 0.500 bits per heavy atom. The highest BCUT2D eigenvalue weighted by molar-refractivity contribution is 5.71. The van der Waals surface area contributed by atoms with Gasteiger partial charge in [-0.2, -0.15) is 0 Å². The second-order valence-corrected chi connectivity index (χ2v) is 22.7. The first-order valence-corrected chi connectivity index (χ1v) is 33.9. The Labute approximate surface area is 484 Å². The van der Waals surface area contributed by atoms with Crippen LogP contribution in [0.5, 0.6) is 0 Å². The molecule has 0 bridgehead atoms. The van der Waals surface area contributed by atoms with Crippen molar-refractivity contribution in [3.05, 3.63) is 72.9 Å². The summed E-state index contributed by atoms with van der Waals surface area (Å²) in [5, 5.41) is 0. The fraction of sp³-hybridized carbons (Fsp3) is 0.792. The summed E-state index contributed by atoms with van der Waals surface area (Å²) in [4.78, 5) is 38.4. The molecule has 1 atom stereocenters. The molecule has 0 saturated carbocycles. The van der Waals surface area contributed by atoms with Crippen LogP contribution in [-0.4, -0.2) is 37.2 Å². The summed E-state index contributed by atoms with van der Waals surface area (Å²) < 4.78 is 16.9. The molecule has 0 aliphatic rings. The SMILES string of the molecule is CC/C=C\C/C=C\C/C=C\C/C=C\CCCCCCC(=O)OC(COC(=O)CCCCCCCCC/C=C\C/C=C\CCCCC)COC(=O)CCCCCCCCCCCCCCCCCCCCCCCCCCCC. The third-order valence-corrected chi connectivity index (χ3v) is 14.9. The third-order valence-electron chi connectivity index (χ3n) is 14.9. The van der Waals surface area contributed by atoms with E-state index in [9.17, 15) is 14.4 Å². The van der Waals surface area contributed by atoms with Gasteiger partial charge >= 0.3 is 17.9 Å². The molecule has 0 spiro atoms. The highest BCUT2D eigenvalue weighted by Crippen LogP contribution is 2.18. The van der Waals surface area contributed by atoms with Gasteiger partial charge in [0.05, 0.1) is 0 Å². The standard InChI is InChI=1S/C72H128O6/c1-4-7-10-13-16-19-22-25-28-31-32-33-34-35-36-37-38-39-42-44-47-50-53-56-59-62-65-71(74)77-68-69(78-72(75)66-63-60-57-54-51-48-45-41-30-27-24-21-18-15-12-9-6-3)67-76-70(73)64-61-58-55-52-49-46-43-40-29-26-23-20-17-14-11-8-5-2/h9,12,17-18,20-21,26-27,29-30,45,48,69H,4-8,10-11,13-16,19,22-25,28,31-44,46-47,49-68H2,1-3H3/b12-9-,20-17-,21-18-,29-26-,30-27-,48-45-. The van der Waals surface area contributed by atoms with Gasteiger partial charge in [0.2, 0.25) is 0 Å². The van der Waals surface area contributed by atoms with Gasteiger partial charge in [-0.1, -0.05) is 312 Å². The van der Waals surface area contributed by atoms with E-state index in [4.69, 9.17) is 14.2 Å². The van der Waals surface area contributed by atoms with Crippen molar-refractivity contribution < 1.29 is 28.6 Å². The maximum Gasteiger partial charge on any atom is 0.306 e. The lowest BCUT2D eigenvalue weighted by Gasteiger charge is -2.18. The maximum atomic E-state index is 12.9. The van der Waals surface area contributed by atoms with Crippen LogP contribution in [0, 0.1) is 0 Å². The molecule has 0 aromatic heterocycles. The molecular formula is C72H128O6. The molecule has 0 aliphatic heterocycles. The minimum Gasteiger partial charge on any atom is -0.462 e. The third kappa shape index (κ3) is 63.7. The average molecular weight is 1090 g/mol. The number of carbonyl (C=O) groups is 3. The van der Waals surface area contributed by atoms with E-state index in [0.717, 1.165) is 109 Å². The number of allylic oxidation sites excluding steroid dienone is 12. The van der Waals surface area contributed by atoms with Crippen LogP contribution in [0.4, 0.5) is 0 Å². The van der Waals surface area contributed by atoms with Gasteiger partial charge in [0.1, 0.15) is 13.2 Å².